The van der Waals surface area contributed by atoms with E-state index in [0.29, 0.717) is 6.61 Å². The van der Waals surface area contributed by atoms with Crippen molar-refractivity contribution in [3.8, 4) is 11.8 Å². The molecule has 1 aromatic rings. The van der Waals surface area contributed by atoms with Crippen molar-refractivity contribution in [2.24, 2.45) is 5.11 Å². The van der Waals surface area contributed by atoms with Gasteiger partial charge in [0.05, 0.1) is 6.61 Å². The topological polar surface area (TPSA) is 98.8 Å². The van der Waals surface area contributed by atoms with Crippen LogP contribution in [-0.4, -0.2) is 12.5 Å². The lowest BCUT2D eigenvalue weighted by Crippen LogP contribution is -2.03. The molecule has 98 valence electrons. The molecule has 0 heterocycles. The predicted octanol–water partition coefficient (Wildman–Crippen LogP) is 2.87. The second kappa shape index (κ2) is 6.99. The minimum atomic E-state index is -0.701. The lowest BCUT2D eigenvalue weighted by atomic mass is 10.0. The van der Waals surface area contributed by atoms with Crippen molar-refractivity contribution in [2.45, 2.75) is 19.8 Å². The summed E-state index contributed by atoms with van der Waals surface area (Å²) in [6.45, 7) is 2.09. The number of azide groups is 1. The summed E-state index contributed by atoms with van der Waals surface area (Å²) in [4.78, 5) is 13.4. The van der Waals surface area contributed by atoms with Gasteiger partial charge in [-0.05, 0) is 36.1 Å². The van der Waals surface area contributed by atoms with E-state index in [9.17, 15) is 9.18 Å². The Morgan fingerprint density at radius 1 is 1.63 bits per heavy atom. The quantitative estimate of drug-likeness (QED) is 0.463. The summed E-state index contributed by atoms with van der Waals surface area (Å²) < 4.78 is 18.9. The molecule has 1 amide bonds. The third kappa shape index (κ3) is 3.69. The summed E-state index contributed by atoms with van der Waals surface area (Å²) in [6.07, 6.45) is -0.182. The zero-order valence-corrected chi connectivity index (χ0v) is 10.3. The van der Waals surface area contributed by atoms with E-state index in [1.54, 1.807) is 6.92 Å². The molecular formula is C12H11FN4O2. The molecule has 6 nitrogen and oxygen atoms in total. The summed E-state index contributed by atoms with van der Waals surface area (Å²) in [5, 5.41) is 11.9. The van der Waals surface area contributed by atoms with Crippen molar-refractivity contribution in [3.05, 3.63) is 39.5 Å². The van der Waals surface area contributed by atoms with Gasteiger partial charge in [-0.1, -0.05) is 0 Å². The zero-order valence-electron chi connectivity index (χ0n) is 10.3. The average Bonchev–Trinajstić information content (AvgIpc) is 2.39. The summed E-state index contributed by atoms with van der Waals surface area (Å²) in [6, 6.07) is 4.42. The van der Waals surface area contributed by atoms with Crippen molar-refractivity contribution >= 4 is 5.91 Å². The first-order valence-corrected chi connectivity index (χ1v) is 5.56. The molecule has 0 radical (unpaired) electrons. The number of amides is 1. The van der Waals surface area contributed by atoms with E-state index in [4.69, 9.17) is 15.5 Å². The van der Waals surface area contributed by atoms with Gasteiger partial charge in [-0.3, -0.25) is 4.79 Å². The minimum absolute atomic E-state index is 0.0203. The molecule has 7 heteroatoms. The lowest BCUT2D eigenvalue weighted by molar-refractivity contribution is -0.117. The molecule has 0 saturated heterocycles. The fourth-order valence-corrected chi connectivity index (χ4v) is 1.58. The van der Waals surface area contributed by atoms with Crippen molar-refractivity contribution in [1.82, 2.24) is 0 Å². The molecule has 0 unspecified atom stereocenters. The Hall–Kier alpha value is -2.58. The second-order valence-electron chi connectivity index (χ2n) is 3.53. The predicted molar refractivity (Wildman–Crippen MR) is 64.8 cm³/mol. The van der Waals surface area contributed by atoms with Crippen molar-refractivity contribution < 1.29 is 13.9 Å². The van der Waals surface area contributed by atoms with Gasteiger partial charge in [0, 0.05) is 16.9 Å². The maximum atomic E-state index is 13.7. The number of nitrogens with zero attached hydrogens (tertiary/aromatic N) is 4. The maximum absolute atomic E-state index is 13.7. The first kappa shape index (κ1) is 14.5. The number of rotatable bonds is 5. The number of hydrogen-bond donors (Lipinski definition) is 0. The summed E-state index contributed by atoms with van der Waals surface area (Å²) in [7, 11) is 0. The highest BCUT2D eigenvalue weighted by atomic mass is 19.1. The molecular weight excluding hydrogens is 251 g/mol. The zero-order chi connectivity index (χ0) is 14.3. The fourth-order valence-electron chi connectivity index (χ4n) is 1.58. The van der Waals surface area contributed by atoms with Crippen LogP contribution in [0.1, 0.15) is 24.5 Å². The van der Waals surface area contributed by atoms with E-state index < -0.39 is 11.7 Å². The van der Waals surface area contributed by atoms with Gasteiger partial charge < -0.3 is 4.74 Å². The monoisotopic (exact) mass is 262 g/mol. The molecule has 0 atom stereocenters. The van der Waals surface area contributed by atoms with Crippen LogP contribution < -0.4 is 4.74 Å². The Kier molecular flexibility index (Phi) is 5.33. The standard InChI is InChI=1S/C12H11FN4O2/c1-2-19-11-5-4-10(13)8(9(11)7-14)3-6-12(18)16-17-15/h4-5H,2-3,6H2,1H3. The minimum Gasteiger partial charge on any atom is -0.492 e. The molecule has 0 aliphatic rings. The molecule has 0 saturated carbocycles. The highest BCUT2D eigenvalue weighted by molar-refractivity contribution is 5.77. The summed E-state index contributed by atoms with van der Waals surface area (Å²) in [5.41, 5.74) is 8.25. The fraction of sp³-hybridized carbons (Fsp3) is 0.333. The first-order chi connectivity index (χ1) is 9.13. The summed E-state index contributed by atoms with van der Waals surface area (Å²) in [5.74, 6) is -1.01. The van der Waals surface area contributed by atoms with E-state index in [-0.39, 0.29) is 29.7 Å². The van der Waals surface area contributed by atoms with Gasteiger partial charge in [0.1, 0.15) is 23.2 Å². The number of carbonyl (C=O) groups is 1. The van der Waals surface area contributed by atoms with Crippen LogP contribution in [0.4, 0.5) is 4.39 Å². The Balaban J connectivity index is 3.05. The molecule has 0 bridgehead atoms. The number of nitriles is 1. The van der Waals surface area contributed by atoms with Crippen molar-refractivity contribution in [3.63, 3.8) is 0 Å². The Morgan fingerprint density at radius 2 is 2.37 bits per heavy atom. The largest absolute Gasteiger partial charge is 0.492 e. The molecule has 0 aliphatic heterocycles. The van der Waals surface area contributed by atoms with E-state index in [0.717, 1.165) is 0 Å². The molecule has 0 spiro atoms. The van der Waals surface area contributed by atoms with Crippen LogP contribution in [0.15, 0.2) is 17.2 Å². The Morgan fingerprint density at radius 3 is 2.95 bits per heavy atom. The van der Waals surface area contributed by atoms with Gasteiger partial charge in [-0.2, -0.15) is 5.26 Å². The highest BCUT2D eigenvalue weighted by Crippen LogP contribution is 2.25. The van der Waals surface area contributed by atoms with Crippen LogP contribution >= 0.6 is 0 Å². The van der Waals surface area contributed by atoms with Crippen LogP contribution in [0.2, 0.25) is 0 Å². The number of hydrogen-bond acceptors (Lipinski definition) is 3. The van der Waals surface area contributed by atoms with Crippen LogP contribution in [0.5, 0.6) is 5.75 Å². The number of carbonyl (C=O) groups excluding carboxylic acids is 1. The molecule has 0 N–H and O–H groups in total. The van der Waals surface area contributed by atoms with Crippen LogP contribution in [0.3, 0.4) is 0 Å². The molecule has 1 rings (SSSR count). The average molecular weight is 262 g/mol. The molecule has 0 aromatic heterocycles. The Bertz CT molecular complexity index is 574. The van der Waals surface area contributed by atoms with Gasteiger partial charge in [-0.25, -0.2) is 4.39 Å². The molecule has 19 heavy (non-hydrogen) atoms. The van der Waals surface area contributed by atoms with Crippen molar-refractivity contribution in [2.75, 3.05) is 6.61 Å². The third-order valence-corrected chi connectivity index (χ3v) is 2.37. The van der Waals surface area contributed by atoms with E-state index in [2.05, 4.69) is 10.0 Å². The van der Waals surface area contributed by atoms with E-state index in [1.807, 2.05) is 6.07 Å². The second-order valence-corrected chi connectivity index (χ2v) is 3.53. The molecule has 0 fully saturated rings. The highest BCUT2D eigenvalue weighted by Gasteiger charge is 2.15. The number of halogens is 1. The molecule has 1 aromatic carbocycles. The first-order valence-electron chi connectivity index (χ1n) is 5.56. The van der Waals surface area contributed by atoms with E-state index >= 15 is 0 Å². The number of ether oxygens (including phenoxy) is 1. The number of benzene rings is 1. The molecule has 0 aliphatic carbocycles. The van der Waals surface area contributed by atoms with Gasteiger partial charge in [0.25, 0.3) is 0 Å². The van der Waals surface area contributed by atoms with Crippen LogP contribution in [0, 0.1) is 17.1 Å². The lowest BCUT2D eigenvalue weighted by Gasteiger charge is -2.10. The van der Waals surface area contributed by atoms with Gasteiger partial charge in [0.15, 0.2) is 0 Å². The Labute approximate surface area is 109 Å². The summed E-state index contributed by atoms with van der Waals surface area (Å²) >= 11 is 0. The van der Waals surface area contributed by atoms with Crippen LogP contribution in [-0.2, 0) is 11.2 Å². The van der Waals surface area contributed by atoms with Gasteiger partial charge in [0.2, 0.25) is 5.91 Å². The SMILES string of the molecule is CCOc1ccc(F)c(CCC(=O)N=[N+]=[N-])c1C#N. The van der Waals surface area contributed by atoms with Crippen LogP contribution in [0.25, 0.3) is 10.4 Å². The van der Waals surface area contributed by atoms with Gasteiger partial charge in [-0.15, -0.1) is 0 Å². The normalized spacial score (nSPS) is 9.32. The van der Waals surface area contributed by atoms with E-state index in [1.165, 1.54) is 12.1 Å². The maximum Gasteiger partial charge on any atom is 0.219 e. The third-order valence-electron chi connectivity index (χ3n) is 2.37. The smallest absolute Gasteiger partial charge is 0.219 e. The van der Waals surface area contributed by atoms with Gasteiger partial charge >= 0.3 is 0 Å². The van der Waals surface area contributed by atoms with Crippen molar-refractivity contribution in [1.29, 1.82) is 5.26 Å².